The quantitative estimate of drug-likeness (QED) is 0.186. The number of pyridine rings is 1. The summed E-state index contributed by atoms with van der Waals surface area (Å²) in [7, 11) is 1.69. The molecule has 1 fully saturated rings. The third-order valence-electron chi connectivity index (χ3n) is 7.80. The van der Waals surface area contributed by atoms with Gasteiger partial charge in [-0.15, -0.1) is 0 Å². The summed E-state index contributed by atoms with van der Waals surface area (Å²) in [5.74, 6) is 1.61. The SMILES string of the molecule is COc1ccc(C)nc1Cn1c(NCCCN2CCOCC2)nc2cc(CNc3cc(C)ccc3CCCO)ccc21. The fourth-order valence-corrected chi connectivity index (χ4v) is 5.49. The van der Waals surface area contributed by atoms with Crippen LogP contribution in [0.5, 0.6) is 5.75 Å². The number of hydrogen-bond acceptors (Lipinski definition) is 8. The maximum Gasteiger partial charge on any atom is 0.204 e. The van der Waals surface area contributed by atoms with Gasteiger partial charge < -0.3 is 29.8 Å². The Kier molecular flexibility index (Phi) is 10.3. The summed E-state index contributed by atoms with van der Waals surface area (Å²) in [6.45, 7) is 11.1. The molecule has 3 N–H and O–H groups in total. The largest absolute Gasteiger partial charge is 0.495 e. The molecule has 42 heavy (non-hydrogen) atoms. The van der Waals surface area contributed by atoms with Crippen molar-refractivity contribution in [3.05, 3.63) is 76.6 Å². The number of fused-ring (bicyclic) bond motifs is 1. The Hall–Kier alpha value is -3.66. The molecule has 4 aromatic rings. The van der Waals surface area contributed by atoms with Gasteiger partial charge in [0.25, 0.3) is 0 Å². The number of aliphatic hydroxyl groups is 1. The molecular weight excluding hydrogens is 528 g/mol. The lowest BCUT2D eigenvalue weighted by molar-refractivity contribution is 0.0378. The van der Waals surface area contributed by atoms with Gasteiger partial charge in [-0.1, -0.05) is 18.2 Å². The second-order valence-electron chi connectivity index (χ2n) is 11.0. The molecule has 2 aromatic carbocycles. The number of hydrogen-bond donors (Lipinski definition) is 3. The van der Waals surface area contributed by atoms with E-state index in [2.05, 4.69) is 63.4 Å². The molecule has 1 aliphatic heterocycles. The van der Waals surface area contributed by atoms with Gasteiger partial charge in [-0.05, 0) is 86.7 Å². The first-order valence-corrected chi connectivity index (χ1v) is 15.0. The standard InChI is InChI=1S/C33H44N6O3/c1-24-7-10-27(6-4-17-40)28(20-24)35-22-26-9-11-31-29(21-26)37-33(34-13-5-14-38-15-18-42-19-16-38)39(31)23-30-32(41-3)12-8-25(2)36-30/h7-12,20-21,35,40H,4-6,13-19,22-23H2,1-3H3,(H,34,37). The van der Waals surface area contributed by atoms with Crippen molar-refractivity contribution in [2.45, 2.75) is 46.2 Å². The van der Waals surface area contributed by atoms with Crippen LogP contribution in [0.4, 0.5) is 11.6 Å². The highest BCUT2D eigenvalue weighted by Crippen LogP contribution is 2.26. The maximum atomic E-state index is 9.32. The molecule has 0 spiro atoms. The Bertz CT molecular complexity index is 1460. The van der Waals surface area contributed by atoms with E-state index in [1.807, 2.05) is 19.1 Å². The van der Waals surface area contributed by atoms with E-state index in [9.17, 15) is 5.11 Å². The minimum Gasteiger partial charge on any atom is -0.495 e. The van der Waals surface area contributed by atoms with Crippen molar-refractivity contribution in [2.75, 3.05) is 63.7 Å². The van der Waals surface area contributed by atoms with Crippen LogP contribution in [0, 0.1) is 13.8 Å². The number of aliphatic hydroxyl groups excluding tert-OH is 1. The zero-order valence-corrected chi connectivity index (χ0v) is 25.2. The van der Waals surface area contributed by atoms with Crippen LogP contribution in [0.15, 0.2) is 48.5 Å². The number of imidazole rings is 1. The Balaban J connectivity index is 1.36. The number of methoxy groups -OCH3 is 1. The van der Waals surface area contributed by atoms with E-state index in [0.717, 1.165) is 104 Å². The van der Waals surface area contributed by atoms with Crippen LogP contribution in [-0.2, 0) is 24.2 Å². The Morgan fingerprint density at radius 3 is 2.64 bits per heavy atom. The van der Waals surface area contributed by atoms with Gasteiger partial charge in [0.2, 0.25) is 5.95 Å². The fraction of sp³-hybridized carbons (Fsp3) is 0.455. The number of rotatable bonds is 14. The lowest BCUT2D eigenvalue weighted by Gasteiger charge is -2.26. The van der Waals surface area contributed by atoms with Crippen molar-refractivity contribution in [3.63, 3.8) is 0 Å². The first kappa shape index (κ1) is 29.8. The molecule has 0 radical (unpaired) electrons. The molecule has 5 rings (SSSR count). The molecule has 0 unspecified atom stereocenters. The summed E-state index contributed by atoms with van der Waals surface area (Å²) in [6.07, 6.45) is 2.63. The first-order valence-electron chi connectivity index (χ1n) is 15.0. The number of aryl methyl sites for hydroxylation is 3. The van der Waals surface area contributed by atoms with Crippen LogP contribution in [-0.4, -0.2) is 77.7 Å². The predicted octanol–water partition coefficient (Wildman–Crippen LogP) is 4.78. The Morgan fingerprint density at radius 2 is 1.83 bits per heavy atom. The lowest BCUT2D eigenvalue weighted by Crippen LogP contribution is -2.37. The van der Waals surface area contributed by atoms with E-state index in [1.165, 1.54) is 11.1 Å². The molecule has 0 amide bonds. The van der Waals surface area contributed by atoms with Gasteiger partial charge in [-0.25, -0.2) is 4.98 Å². The van der Waals surface area contributed by atoms with Gasteiger partial charge in [0.15, 0.2) is 0 Å². The minimum atomic E-state index is 0.195. The highest BCUT2D eigenvalue weighted by Gasteiger charge is 2.16. The van der Waals surface area contributed by atoms with Crippen molar-refractivity contribution >= 4 is 22.7 Å². The third kappa shape index (κ3) is 7.59. The van der Waals surface area contributed by atoms with E-state index >= 15 is 0 Å². The summed E-state index contributed by atoms with van der Waals surface area (Å²) >= 11 is 0. The van der Waals surface area contributed by atoms with E-state index in [1.54, 1.807) is 7.11 Å². The van der Waals surface area contributed by atoms with Gasteiger partial charge in [0, 0.05) is 44.2 Å². The van der Waals surface area contributed by atoms with Crippen molar-refractivity contribution in [2.24, 2.45) is 0 Å². The van der Waals surface area contributed by atoms with Gasteiger partial charge in [-0.2, -0.15) is 0 Å². The number of nitrogens with one attached hydrogen (secondary N) is 2. The minimum absolute atomic E-state index is 0.195. The van der Waals surface area contributed by atoms with Gasteiger partial charge in [0.05, 0.1) is 37.9 Å². The third-order valence-corrected chi connectivity index (χ3v) is 7.80. The number of nitrogens with zero attached hydrogens (tertiary/aromatic N) is 4. The van der Waals surface area contributed by atoms with Crippen LogP contribution in [0.3, 0.4) is 0 Å². The van der Waals surface area contributed by atoms with Gasteiger partial charge >= 0.3 is 0 Å². The van der Waals surface area contributed by atoms with E-state index < -0.39 is 0 Å². The summed E-state index contributed by atoms with van der Waals surface area (Å²) in [5.41, 5.74) is 8.56. The van der Waals surface area contributed by atoms with Crippen LogP contribution in [0.1, 0.15) is 40.9 Å². The molecule has 0 bridgehead atoms. The molecule has 224 valence electrons. The topological polar surface area (TPSA) is 96.7 Å². The molecule has 1 saturated heterocycles. The summed E-state index contributed by atoms with van der Waals surface area (Å²) in [6, 6.07) is 16.9. The predicted molar refractivity (Wildman–Crippen MR) is 169 cm³/mol. The molecular formula is C33H44N6O3. The van der Waals surface area contributed by atoms with Crippen LogP contribution in [0.25, 0.3) is 11.0 Å². The zero-order valence-electron chi connectivity index (χ0n) is 25.2. The highest BCUT2D eigenvalue weighted by atomic mass is 16.5. The Morgan fingerprint density at radius 1 is 0.976 bits per heavy atom. The van der Waals surface area contributed by atoms with Crippen molar-refractivity contribution < 1.29 is 14.6 Å². The number of ether oxygens (including phenoxy) is 2. The number of morpholine rings is 1. The van der Waals surface area contributed by atoms with E-state index in [0.29, 0.717) is 13.1 Å². The lowest BCUT2D eigenvalue weighted by atomic mass is 10.0. The van der Waals surface area contributed by atoms with Crippen molar-refractivity contribution in [3.8, 4) is 5.75 Å². The average Bonchev–Trinajstić information content (AvgIpc) is 3.34. The molecule has 0 saturated carbocycles. The maximum absolute atomic E-state index is 9.32. The first-order chi connectivity index (χ1) is 20.5. The normalized spacial score (nSPS) is 13.9. The summed E-state index contributed by atoms with van der Waals surface area (Å²) in [5, 5.41) is 16.6. The van der Waals surface area contributed by atoms with E-state index in [4.69, 9.17) is 19.4 Å². The summed E-state index contributed by atoms with van der Waals surface area (Å²) < 4.78 is 13.3. The molecule has 2 aromatic heterocycles. The number of anilines is 2. The Labute approximate surface area is 248 Å². The van der Waals surface area contributed by atoms with Crippen LogP contribution >= 0.6 is 0 Å². The molecule has 9 nitrogen and oxygen atoms in total. The van der Waals surface area contributed by atoms with Crippen molar-refractivity contribution in [1.82, 2.24) is 19.4 Å². The smallest absolute Gasteiger partial charge is 0.204 e. The van der Waals surface area contributed by atoms with Crippen LogP contribution in [0.2, 0.25) is 0 Å². The summed E-state index contributed by atoms with van der Waals surface area (Å²) in [4.78, 5) is 12.3. The van der Waals surface area contributed by atoms with Crippen LogP contribution < -0.4 is 15.4 Å². The fourth-order valence-electron chi connectivity index (χ4n) is 5.49. The number of benzene rings is 2. The second kappa shape index (κ2) is 14.5. The molecule has 0 atom stereocenters. The average molecular weight is 573 g/mol. The molecule has 3 heterocycles. The molecule has 0 aliphatic carbocycles. The number of aromatic nitrogens is 3. The molecule has 1 aliphatic rings. The zero-order chi connectivity index (χ0) is 29.3. The molecule has 9 heteroatoms. The highest BCUT2D eigenvalue weighted by molar-refractivity contribution is 5.80. The van der Waals surface area contributed by atoms with Crippen molar-refractivity contribution in [1.29, 1.82) is 0 Å². The second-order valence-corrected chi connectivity index (χ2v) is 11.0. The van der Waals surface area contributed by atoms with E-state index in [-0.39, 0.29) is 6.61 Å². The monoisotopic (exact) mass is 572 g/mol. The van der Waals surface area contributed by atoms with Gasteiger partial charge in [0.1, 0.15) is 11.4 Å². The van der Waals surface area contributed by atoms with Gasteiger partial charge in [-0.3, -0.25) is 9.88 Å².